The van der Waals surface area contributed by atoms with E-state index in [1.165, 1.54) is 22.8 Å². The van der Waals surface area contributed by atoms with Gasteiger partial charge in [0.2, 0.25) is 0 Å². The molecule has 2 N–H and O–H groups in total. The third-order valence-electron chi connectivity index (χ3n) is 5.65. The molecule has 0 amide bonds. The maximum atomic E-state index is 13.8. The predicted octanol–water partition coefficient (Wildman–Crippen LogP) is 3.86. The summed E-state index contributed by atoms with van der Waals surface area (Å²) in [6.07, 6.45) is 1.72. The first-order valence-electron chi connectivity index (χ1n) is 9.87. The molecule has 3 rings (SSSR count). The van der Waals surface area contributed by atoms with Crippen molar-refractivity contribution in [3.63, 3.8) is 0 Å². The molecule has 150 valence electrons. The van der Waals surface area contributed by atoms with Crippen molar-refractivity contribution in [1.82, 2.24) is 10.6 Å². The molecule has 1 aliphatic rings. The van der Waals surface area contributed by atoms with Gasteiger partial charge in [0, 0.05) is 38.8 Å². The van der Waals surface area contributed by atoms with Gasteiger partial charge in [-0.15, -0.1) is 0 Å². The summed E-state index contributed by atoms with van der Waals surface area (Å²) in [6, 6.07) is 13.4. The van der Waals surface area contributed by atoms with Gasteiger partial charge in [-0.25, -0.2) is 4.39 Å². The van der Waals surface area contributed by atoms with Crippen molar-refractivity contribution in [2.24, 2.45) is 4.99 Å². The first kappa shape index (κ1) is 20.3. The van der Waals surface area contributed by atoms with E-state index in [4.69, 9.17) is 4.74 Å². The van der Waals surface area contributed by atoms with E-state index in [0.29, 0.717) is 26.3 Å². The lowest BCUT2D eigenvalue weighted by Gasteiger charge is -2.38. The van der Waals surface area contributed by atoms with Crippen LogP contribution in [0.25, 0.3) is 0 Å². The van der Waals surface area contributed by atoms with Crippen LogP contribution in [-0.4, -0.2) is 32.8 Å². The van der Waals surface area contributed by atoms with Crippen molar-refractivity contribution in [3.05, 3.63) is 70.5 Å². The van der Waals surface area contributed by atoms with Crippen LogP contribution in [0.5, 0.6) is 0 Å². The summed E-state index contributed by atoms with van der Waals surface area (Å²) in [7, 11) is 1.77. The second-order valence-corrected chi connectivity index (χ2v) is 7.61. The van der Waals surface area contributed by atoms with Crippen LogP contribution in [0, 0.1) is 19.7 Å². The van der Waals surface area contributed by atoms with Crippen molar-refractivity contribution in [2.45, 2.75) is 38.6 Å². The van der Waals surface area contributed by atoms with Gasteiger partial charge in [0.25, 0.3) is 0 Å². The van der Waals surface area contributed by atoms with Crippen LogP contribution in [0.4, 0.5) is 4.39 Å². The molecule has 28 heavy (non-hydrogen) atoms. The van der Waals surface area contributed by atoms with E-state index >= 15 is 0 Å². The molecule has 2 aromatic carbocycles. The molecule has 0 bridgehead atoms. The summed E-state index contributed by atoms with van der Waals surface area (Å²) in [6.45, 7) is 7.00. The summed E-state index contributed by atoms with van der Waals surface area (Å²) in [5.41, 5.74) is 4.65. The number of nitrogens with one attached hydrogen (secondary N) is 2. The lowest BCUT2D eigenvalue weighted by atomic mass is 9.74. The average molecular weight is 384 g/mol. The first-order valence-corrected chi connectivity index (χ1v) is 9.87. The van der Waals surface area contributed by atoms with Gasteiger partial charge in [-0.3, -0.25) is 4.99 Å². The fraction of sp³-hybridized carbons (Fsp3) is 0.435. The Balaban J connectivity index is 1.67. The van der Waals surface area contributed by atoms with Crippen molar-refractivity contribution >= 4 is 5.96 Å². The van der Waals surface area contributed by atoms with E-state index < -0.39 is 0 Å². The molecule has 5 heteroatoms. The number of hydrogen-bond donors (Lipinski definition) is 2. The van der Waals surface area contributed by atoms with E-state index in [2.05, 4.69) is 47.7 Å². The Bertz CT molecular complexity index is 828. The van der Waals surface area contributed by atoms with Crippen LogP contribution in [0.1, 0.15) is 35.1 Å². The van der Waals surface area contributed by atoms with Gasteiger partial charge in [0.15, 0.2) is 5.96 Å². The second-order valence-electron chi connectivity index (χ2n) is 7.61. The van der Waals surface area contributed by atoms with Gasteiger partial charge in [0.1, 0.15) is 5.82 Å². The SMILES string of the molecule is CN=C(NCc1ccc(C)cc1C)NCC1(c2cccc(F)c2)CCOCC1. The highest BCUT2D eigenvalue weighted by atomic mass is 19.1. The quantitative estimate of drug-likeness (QED) is 0.609. The number of rotatable bonds is 5. The number of aryl methyl sites for hydroxylation is 2. The standard InChI is InChI=1S/C23H30FN3O/c1-17-7-8-19(18(2)13-17)15-26-22(25-3)27-16-23(9-11-28-12-10-23)20-5-4-6-21(24)14-20/h4-8,13-14H,9-12,15-16H2,1-3H3,(H2,25,26,27). The molecule has 0 spiro atoms. The molecule has 1 aliphatic heterocycles. The van der Waals surface area contributed by atoms with Gasteiger partial charge >= 0.3 is 0 Å². The Morgan fingerprint density at radius 3 is 2.57 bits per heavy atom. The number of guanidine groups is 1. The van der Waals surface area contributed by atoms with Gasteiger partial charge in [-0.2, -0.15) is 0 Å². The van der Waals surface area contributed by atoms with Crippen LogP contribution < -0.4 is 10.6 Å². The maximum absolute atomic E-state index is 13.8. The third kappa shape index (κ3) is 4.90. The van der Waals surface area contributed by atoms with Crippen LogP contribution >= 0.6 is 0 Å². The second kappa shape index (κ2) is 9.20. The Morgan fingerprint density at radius 2 is 1.89 bits per heavy atom. The molecular formula is C23H30FN3O. The Kier molecular flexibility index (Phi) is 6.68. The zero-order valence-electron chi connectivity index (χ0n) is 17.0. The number of aliphatic imine (C=N–C) groups is 1. The number of halogens is 1. The van der Waals surface area contributed by atoms with Gasteiger partial charge in [0.05, 0.1) is 0 Å². The molecule has 0 aliphatic carbocycles. The van der Waals surface area contributed by atoms with E-state index in [9.17, 15) is 4.39 Å². The van der Waals surface area contributed by atoms with Crippen molar-refractivity contribution < 1.29 is 9.13 Å². The molecule has 0 saturated carbocycles. The molecule has 0 radical (unpaired) electrons. The maximum Gasteiger partial charge on any atom is 0.191 e. The van der Waals surface area contributed by atoms with E-state index in [1.54, 1.807) is 19.2 Å². The Labute approximate surface area is 167 Å². The van der Waals surface area contributed by atoms with Crippen LogP contribution in [-0.2, 0) is 16.7 Å². The smallest absolute Gasteiger partial charge is 0.191 e. The molecule has 4 nitrogen and oxygen atoms in total. The first-order chi connectivity index (χ1) is 13.5. The van der Waals surface area contributed by atoms with Crippen molar-refractivity contribution in [2.75, 3.05) is 26.8 Å². The minimum atomic E-state index is -0.194. The zero-order valence-corrected chi connectivity index (χ0v) is 17.0. The predicted molar refractivity (Wildman–Crippen MR) is 112 cm³/mol. The highest BCUT2D eigenvalue weighted by molar-refractivity contribution is 5.79. The summed E-state index contributed by atoms with van der Waals surface area (Å²) >= 11 is 0. The summed E-state index contributed by atoms with van der Waals surface area (Å²) in [5.74, 6) is 0.558. The summed E-state index contributed by atoms with van der Waals surface area (Å²) in [4.78, 5) is 4.37. The molecule has 0 atom stereocenters. The fourth-order valence-electron chi connectivity index (χ4n) is 3.84. The van der Waals surface area contributed by atoms with E-state index in [-0.39, 0.29) is 11.2 Å². The molecule has 1 heterocycles. The largest absolute Gasteiger partial charge is 0.381 e. The lowest BCUT2D eigenvalue weighted by Crippen LogP contribution is -2.48. The van der Waals surface area contributed by atoms with E-state index in [0.717, 1.165) is 24.4 Å². The number of nitrogens with zero attached hydrogens (tertiary/aromatic N) is 1. The molecule has 0 unspecified atom stereocenters. The zero-order chi connectivity index (χ0) is 20.0. The molecular weight excluding hydrogens is 353 g/mol. The molecule has 1 fully saturated rings. The lowest BCUT2D eigenvalue weighted by molar-refractivity contribution is 0.0513. The summed E-state index contributed by atoms with van der Waals surface area (Å²) < 4.78 is 19.4. The van der Waals surface area contributed by atoms with Gasteiger partial charge in [-0.05, 0) is 55.5 Å². The number of benzene rings is 2. The Hall–Kier alpha value is -2.40. The van der Waals surface area contributed by atoms with Gasteiger partial charge < -0.3 is 15.4 Å². The Morgan fingerprint density at radius 1 is 1.11 bits per heavy atom. The van der Waals surface area contributed by atoms with E-state index in [1.807, 2.05) is 6.07 Å². The van der Waals surface area contributed by atoms with Crippen LogP contribution in [0.3, 0.4) is 0 Å². The normalized spacial score (nSPS) is 16.6. The minimum Gasteiger partial charge on any atom is -0.381 e. The van der Waals surface area contributed by atoms with Crippen molar-refractivity contribution in [1.29, 1.82) is 0 Å². The topological polar surface area (TPSA) is 45.7 Å². The summed E-state index contributed by atoms with van der Waals surface area (Å²) in [5, 5.41) is 6.86. The average Bonchev–Trinajstić information content (AvgIpc) is 2.70. The molecule has 0 aromatic heterocycles. The highest BCUT2D eigenvalue weighted by Crippen LogP contribution is 2.34. The monoisotopic (exact) mass is 383 g/mol. The third-order valence-corrected chi connectivity index (χ3v) is 5.65. The number of ether oxygens (including phenoxy) is 1. The fourth-order valence-corrected chi connectivity index (χ4v) is 3.84. The highest BCUT2D eigenvalue weighted by Gasteiger charge is 2.34. The van der Waals surface area contributed by atoms with Gasteiger partial charge in [-0.1, -0.05) is 35.9 Å². The van der Waals surface area contributed by atoms with Crippen molar-refractivity contribution in [3.8, 4) is 0 Å². The molecule has 1 saturated heterocycles. The minimum absolute atomic E-state index is 0.155. The van der Waals surface area contributed by atoms with Crippen LogP contribution in [0.2, 0.25) is 0 Å². The van der Waals surface area contributed by atoms with Crippen LogP contribution in [0.15, 0.2) is 47.5 Å². The molecule has 2 aromatic rings. The number of hydrogen-bond acceptors (Lipinski definition) is 2.